The van der Waals surface area contributed by atoms with E-state index in [4.69, 9.17) is 26.8 Å². The number of benzene rings is 2. The van der Waals surface area contributed by atoms with Crippen molar-refractivity contribution >= 4 is 23.3 Å². The standard InChI is InChI=1S/C30H33ClN2O5/c1-18(2)37-11-10-27(28(34)13-20-4-6-21(7-5-20)30(32)36)33-16-23-17-38-19(3)12-22-8-9-24(31)14-25(22)26(23)15-29(33)35/h4-9,14-16,18-19,27H,10-13,17H2,1-3H3,(H2,32,36)/t19-,27+/m1/s1. The second kappa shape index (κ2) is 12.1. The summed E-state index contributed by atoms with van der Waals surface area (Å²) < 4.78 is 13.3. The van der Waals surface area contributed by atoms with Crippen LogP contribution in [0.5, 0.6) is 0 Å². The Labute approximate surface area is 227 Å². The van der Waals surface area contributed by atoms with Crippen LogP contribution < -0.4 is 11.3 Å². The van der Waals surface area contributed by atoms with Crippen LogP contribution in [0.15, 0.2) is 59.5 Å². The number of rotatable bonds is 9. The molecule has 0 unspecified atom stereocenters. The maximum atomic E-state index is 13.6. The lowest BCUT2D eigenvalue weighted by Gasteiger charge is -2.25. The number of fused-ring (bicyclic) bond motifs is 3. The molecule has 2 heterocycles. The van der Waals surface area contributed by atoms with Crippen molar-refractivity contribution < 1.29 is 19.1 Å². The first-order valence-corrected chi connectivity index (χ1v) is 13.2. The molecular formula is C30H33ClN2O5. The van der Waals surface area contributed by atoms with Crippen LogP contribution in [0.2, 0.25) is 5.02 Å². The lowest BCUT2D eigenvalue weighted by atomic mass is 9.92. The van der Waals surface area contributed by atoms with Gasteiger partial charge in [-0.3, -0.25) is 14.4 Å². The first-order chi connectivity index (χ1) is 18.1. The second-order valence-electron chi connectivity index (χ2n) is 10.0. The lowest BCUT2D eigenvalue weighted by Crippen LogP contribution is -2.32. The third-order valence-electron chi connectivity index (χ3n) is 6.72. The molecule has 0 aliphatic carbocycles. The highest BCUT2D eigenvalue weighted by molar-refractivity contribution is 6.30. The molecule has 1 aromatic heterocycles. The number of primary amides is 1. The van der Waals surface area contributed by atoms with Gasteiger partial charge in [0.15, 0.2) is 5.78 Å². The molecule has 38 heavy (non-hydrogen) atoms. The lowest BCUT2D eigenvalue weighted by molar-refractivity contribution is -0.122. The van der Waals surface area contributed by atoms with Crippen LogP contribution in [-0.2, 0) is 33.7 Å². The number of nitrogens with two attached hydrogens (primary N) is 1. The Hall–Kier alpha value is -3.26. The highest BCUT2D eigenvalue weighted by atomic mass is 35.5. The van der Waals surface area contributed by atoms with Gasteiger partial charge in [-0.1, -0.05) is 29.8 Å². The molecule has 4 rings (SSSR count). The van der Waals surface area contributed by atoms with Crippen LogP contribution in [-0.4, -0.2) is 35.1 Å². The first kappa shape index (κ1) is 27.8. The fourth-order valence-electron chi connectivity index (χ4n) is 4.76. The number of hydrogen-bond donors (Lipinski definition) is 1. The minimum atomic E-state index is -0.732. The fourth-order valence-corrected chi connectivity index (χ4v) is 4.93. The van der Waals surface area contributed by atoms with E-state index in [-0.39, 0.29) is 30.0 Å². The first-order valence-electron chi connectivity index (χ1n) is 12.8. The molecule has 0 spiro atoms. The van der Waals surface area contributed by atoms with Gasteiger partial charge in [0.05, 0.1) is 24.9 Å². The molecule has 2 aromatic carbocycles. The van der Waals surface area contributed by atoms with Crippen LogP contribution in [0.4, 0.5) is 0 Å². The van der Waals surface area contributed by atoms with Gasteiger partial charge in [-0.05, 0) is 80.1 Å². The fraction of sp³-hybridized carbons (Fsp3) is 0.367. The van der Waals surface area contributed by atoms with Crippen LogP contribution in [0.25, 0.3) is 11.1 Å². The molecule has 3 aromatic rings. The molecule has 0 saturated heterocycles. The predicted molar refractivity (Wildman–Crippen MR) is 148 cm³/mol. The number of nitrogens with zero attached hydrogens (tertiary/aromatic N) is 1. The number of hydrogen-bond acceptors (Lipinski definition) is 5. The molecule has 2 atom stereocenters. The number of aromatic nitrogens is 1. The second-order valence-corrected chi connectivity index (χ2v) is 10.4. The Bertz CT molecular complexity index is 1380. The van der Waals surface area contributed by atoms with Crippen LogP contribution in [0, 0.1) is 0 Å². The number of amides is 1. The molecule has 200 valence electrons. The van der Waals surface area contributed by atoms with Crippen molar-refractivity contribution in [1.29, 1.82) is 0 Å². The predicted octanol–water partition coefficient (Wildman–Crippen LogP) is 4.90. The number of ketones is 1. The van der Waals surface area contributed by atoms with Crippen LogP contribution in [0.3, 0.4) is 0 Å². The third kappa shape index (κ3) is 6.59. The summed E-state index contributed by atoms with van der Waals surface area (Å²) in [5.41, 5.74) is 9.69. The zero-order chi connectivity index (χ0) is 27.4. The maximum Gasteiger partial charge on any atom is 0.251 e. The highest BCUT2D eigenvalue weighted by Gasteiger charge is 2.25. The quantitative estimate of drug-likeness (QED) is 0.419. The van der Waals surface area contributed by atoms with Crippen molar-refractivity contribution in [2.75, 3.05) is 6.61 Å². The molecule has 8 heteroatoms. The summed E-state index contributed by atoms with van der Waals surface area (Å²) in [6, 6.07) is 13.1. The van der Waals surface area contributed by atoms with E-state index in [1.54, 1.807) is 36.5 Å². The van der Waals surface area contributed by atoms with E-state index in [2.05, 4.69) is 0 Å². The molecule has 1 aliphatic heterocycles. The number of Topliss-reactive ketones (excluding diaryl/α,β-unsaturated/α-hetero) is 1. The summed E-state index contributed by atoms with van der Waals surface area (Å²) in [5, 5.41) is 0.592. The number of carbonyl (C=O) groups is 2. The van der Waals surface area contributed by atoms with Crippen LogP contribution >= 0.6 is 11.6 Å². The normalized spacial score (nSPS) is 15.8. The Morgan fingerprint density at radius 3 is 2.50 bits per heavy atom. The monoisotopic (exact) mass is 536 g/mol. The van der Waals surface area contributed by atoms with Gasteiger partial charge in [-0.25, -0.2) is 0 Å². The van der Waals surface area contributed by atoms with Gasteiger partial charge >= 0.3 is 0 Å². The van der Waals surface area contributed by atoms with E-state index < -0.39 is 11.9 Å². The summed E-state index contributed by atoms with van der Waals surface area (Å²) in [6.07, 6.45) is 2.86. The van der Waals surface area contributed by atoms with E-state index >= 15 is 0 Å². The van der Waals surface area contributed by atoms with Crippen molar-refractivity contribution in [2.24, 2.45) is 5.73 Å². The van der Waals surface area contributed by atoms with E-state index in [0.29, 0.717) is 36.6 Å². The largest absolute Gasteiger partial charge is 0.379 e. The van der Waals surface area contributed by atoms with E-state index in [1.807, 2.05) is 39.0 Å². The molecular weight excluding hydrogens is 504 g/mol. The smallest absolute Gasteiger partial charge is 0.251 e. The van der Waals surface area contributed by atoms with Gasteiger partial charge < -0.3 is 19.8 Å². The van der Waals surface area contributed by atoms with Crippen molar-refractivity contribution in [3.05, 3.63) is 92.4 Å². The molecule has 0 saturated carbocycles. The maximum absolute atomic E-state index is 13.6. The Balaban J connectivity index is 1.72. The van der Waals surface area contributed by atoms with Crippen molar-refractivity contribution in [2.45, 2.75) is 64.9 Å². The number of halogens is 1. The van der Waals surface area contributed by atoms with Gasteiger partial charge in [0.2, 0.25) is 5.91 Å². The van der Waals surface area contributed by atoms with Gasteiger partial charge in [-0.15, -0.1) is 0 Å². The van der Waals surface area contributed by atoms with E-state index in [0.717, 1.165) is 27.8 Å². The average Bonchev–Trinajstić information content (AvgIpc) is 2.86. The number of ether oxygens (including phenoxy) is 2. The number of carbonyl (C=O) groups excluding carboxylic acids is 2. The van der Waals surface area contributed by atoms with E-state index in [9.17, 15) is 14.4 Å². The average molecular weight is 537 g/mol. The molecule has 0 radical (unpaired) electrons. The van der Waals surface area contributed by atoms with E-state index in [1.165, 1.54) is 4.57 Å². The zero-order valence-corrected chi connectivity index (χ0v) is 22.7. The topological polar surface area (TPSA) is 101 Å². The van der Waals surface area contributed by atoms with Gasteiger partial charge in [0.25, 0.3) is 5.56 Å². The molecule has 1 aliphatic rings. The van der Waals surface area contributed by atoms with Gasteiger partial charge in [0.1, 0.15) is 0 Å². The summed E-state index contributed by atoms with van der Waals surface area (Å²) in [7, 11) is 0. The Morgan fingerprint density at radius 1 is 1.11 bits per heavy atom. The highest BCUT2D eigenvalue weighted by Crippen LogP contribution is 2.33. The van der Waals surface area contributed by atoms with Gasteiger partial charge in [0, 0.05) is 41.4 Å². The molecule has 0 fully saturated rings. The van der Waals surface area contributed by atoms with Crippen LogP contribution in [0.1, 0.15) is 60.3 Å². The molecule has 1 amide bonds. The minimum absolute atomic E-state index is 0.00393. The Morgan fingerprint density at radius 2 is 1.82 bits per heavy atom. The summed E-state index contributed by atoms with van der Waals surface area (Å²) in [6.45, 7) is 6.49. The van der Waals surface area contributed by atoms with Gasteiger partial charge in [-0.2, -0.15) is 0 Å². The van der Waals surface area contributed by atoms with Crippen molar-refractivity contribution in [3.63, 3.8) is 0 Å². The SMILES string of the molecule is CC(C)OCC[C@@H](C(=O)Cc1ccc(C(N)=O)cc1)n1cc2c(cc1=O)-c1cc(Cl)ccc1C[C@@H](C)OC2. The molecule has 7 nitrogen and oxygen atoms in total. The molecule has 0 bridgehead atoms. The number of pyridine rings is 1. The summed E-state index contributed by atoms with van der Waals surface area (Å²) >= 11 is 6.32. The van der Waals surface area contributed by atoms with Crippen molar-refractivity contribution in [3.8, 4) is 11.1 Å². The minimum Gasteiger partial charge on any atom is -0.379 e. The Kier molecular flexibility index (Phi) is 8.82. The van der Waals surface area contributed by atoms with Crippen molar-refractivity contribution in [1.82, 2.24) is 4.57 Å². The zero-order valence-electron chi connectivity index (χ0n) is 21.9. The molecule has 2 N–H and O–H groups in total. The third-order valence-corrected chi connectivity index (χ3v) is 6.96. The summed E-state index contributed by atoms with van der Waals surface area (Å²) in [4.78, 5) is 38.5. The summed E-state index contributed by atoms with van der Waals surface area (Å²) in [5.74, 6) is -0.659.